The fourth-order valence-electron chi connectivity index (χ4n) is 3.20. The summed E-state index contributed by atoms with van der Waals surface area (Å²) in [6, 6.07) is 6.32. The van der Waals surface area contributed by atoms with Gasteiger partial charge in [-0.1, -0.05) is 28.9 Å². The first kappa shape index (κ1) is 17.0. The Bertz CT molecular complexity index is 720. The molecule has 0 saturated carbocycles. The van der Waals surface area contributed by atoms with Crippen LogP contribution in [-0.2, 0) is 11.3 Å². The summed E-state index contributed by atoms with van der Waals surface area (Å²) in [6.45, 7) is 6.13. The van der Waals surface area contributed by atoms with Gasteiger partial charge in [0.15, 0.2) is 0 Å². The highest BCUT2D eigenvalue weighted by Gasteiger charge is 2.24. The Hall–Kier alpha value is -1.88. The van der Waals surface area contributed by atoms with Gasteiger partial charge < -0.3 is 4.90 Å². The van der Waals surface area contributed by atoms with Crippen LogP contribution in [0.25, 0.3) is 0 Å². The number of hydrogen-bond donors (Lipinski definition) is 0. The van der Waals surface area contributed by atoms with Crippen LogP contribution in [0.2, 0.25) is 5.02 Å². The molecule has 1 amide bonds. The molecule has 2 aromatic rings. The number of carbonyl (C=O) groups is 1. The summed E-state index contributed by atoms with van der Waals surface area (Å²) in [4.78, 5) is 14.3. The fraction of sp³-hybridized carbons (Fsp3) is 0.500. The maximum atomic E-state index is 12.4. The van der Waals surface area contributed by atoms with Gasteiger partial charge in [0.1, 0.15) is 0 Å². The standard InChI is InChI=1S/C18H23ClN4O/c1-13-3-4-16(11-17(13)19)15-5-8-22(9-6-15)18(24)7-10-23-12-14(2)20-21-23/h3-4,11-12,15H,5-10H2,1-2H3. The maximum Gasteiger partial charge on any atom is 0.224 e. The molecule has 24 heavy (non-hydrogen) atoms. The number of piperidine rings is 1. The van der Waals surface area contributed by atoms with E-state index in [-0.39, 0.29) is 5.91 Å². The van der Waals surface area contributed by atoms with Crippen LogP contribution in [0, 0.1) is 13.8 Å². The smallest absolute Gasteiger partial charge is 0.224 e. The van der Waals surface area contributed by atoms with Crippen molar-refractivity contribution in [3.05, 3.63) is 46.2 Å². The average Bonchev–Trinajstić information content (AvgIpc) is 3.01. The summed E-state index contributed by atoms with van der Waals surface area (Å²) < 4.78 is 1.73. The minimum Gasteiger partial charge on any atom is -0.343 e. The van der Waals surface area contributed by atoms with Crippen LogP contribution in [-0.4, -0.2) is 38.9 Å². The van der Waals surface area contributed by atoms with Gasteiger partial charge in [-0.15, -0.1) is 5.10 Å². The van der Waals surface area contributed by atoms with Gasteiger partial charge in [-0.2, -0.15) is 0 Å². The minimum absolute atomic E-state index is 0.198. The van der Waals surface area contributed by atoms with Crippen molar-refractivity contribution in [3.63, 3.8) is 0 Å². The Morgan fingerprint density at radius 2 is 2.04 bits per heavy atom. The molecule has 1 aromatic heterocycles. The van der Waals surface area contributed by atoms with Crippen molar-refractivity contribution in [1.82, 2.24) is 19.9 Å². The van der Waals surface area contributed by atoms with Crippen LogP contribution in [0.5, 0.6) is 0 Å². The molecule has 0 N–H and O–H groups in total. The number of likely N-dealkylation sites (tertiary alicyclic amines) is 1. The van der Waals surface area contributed by atoms with E-state index in [1.54, 1.807) is 4.68 Å². The molecule has 0 unspecified atom stereocenters. The number of aromatic nitrogens is 3. The van der Waals surface area contributed by atoms with Gasteiger partial charge in [-0.05, 0) is 49.8 Å². The lowest BCUT2D eigenvalue weighted by molar-refractivity contribution is -0.132. The Morgan fingerprint density at radius 1 is 1.29 bits per heavy atom. The summed E-state index contributed by atoms with van der Waals surface area (Å²) in [5, 5.41) is 8.75. The highest BCUT2D eigenvalue weighted by Crippen LogP contribution is 2.30. The quantitative estimate of drug-likeness (QED) is 0.853. The molecule has 0 aliphatic carbocycles. The second kappa shape index (κ2) is 7.34. The number of nitrogens with zero attached hydrogens (tertiary/aromatic N) is 4. The summed E-state index contributed by atoms with van der Waals surface area (Å²) in [7, 11) is 0. The minimum atomic E-state index is 0.198. The highest BCUT2D eigenvalue weighted by molar-refractivity contribution is 6.31. The Balaban J connectivity index is 1.50. The molecule has 3 rings (SSSR count). The third-order valence-electron chi connectivity index (χ3n) is 4.72. The van der Waals surface area contributed by atoms with E-state index in [9.17, 15) is 4.79 Å². The third-order valence-corrected chi connectivity index (χ3v) is 5.13. The van der Waals surface area contributed by atoms with Crippen LogP contribution < -0.4 is 0 Å². The van der Waals surface area contributed by atoms with E-state index in [0.29, 0.717) is 18.9 Å². The summed E-state index contributed by atoms with van der Waals surface area (Å²) in [5.74, 6) is 0.689. The van der Waals surface area contributed by atoms with Gasteiger partial charge in [0.05, 0.1) is 12.2 Å². The van der Waals surface area contributed by atoms with Gasteiger partial charge in [-0.25, -0.2) is 0 Å². The van der Waals surface area contributed by atoms with Gasteiger partial charge >= 0.3 is 0 Å². The number of aryl methyl sites for hydroxylation is 3. The second-order valence-corrected chi connectivity index (χ2v) is 6.94. The summed E-state index contributed by atoms with van der Waals surface area (Å²) in [5.41, 5.74) is 3.27. The van der Waals surface area contributed by atoms with Crippen molar-refractivity contribution < 1.29 is 4.79 Å². The van der Waals surface area contributed by atoms with Crippen LogP contribution in [0.4, 0.5) is 0 Å². The van der Waals surface area contributed by atoms with Crippen molar-refractivity contribution in [2.24, 2.45) is 0 Å². The third kappa shape index (κ3) is 3.96. The van der Waals surface area contributed by atoms with E-state index < -0.39 is 0 Å². The van der Waals surface area contributed by atoms with Gasteiger partial charge in [0.25, 0.3) is 0 Å². The van der Waals surface area contributed by atoms with E-state index in [0.717, 1.165) is 42.2 Å². The zero-order chi connectivity index (χ0) is 17.1. The summed E-state index contributed by atoms with van der Waals surface area (Å²) in [6.07, 6.45) is 4.33. The van der Waals surface area contributed by atoms with E-state index in [2.05, 4.69) is 28.5 Å². The maximum absolute atomic E-state index is 12.4. The van der Waals surface area contributed by atoms with Crippen LogP contribution in [0.3, 0.4) is 0 Å². The average molecular weight is 347 g/mol. The Labute approximate surface area is 147 Å². The molecule has 1 saturated heterocycles. The largest absolute Gasteiger partial charge is 0.343 e. The lowest BCUT2D eigenvalue weighted by Crippen LogP contribution is -2.38. The molecular formula is C18H23ClN4O. The number of amides is 1. The van der Waals surface area contributed by atoms with Gasteiger partial charge in [0.2, 0.25) is 5.91 Å². The number of hydrogen-bond acceptors (Lipinski definition) is 3. The second-order valence-electron chi connectivity index (χ2n) is 6.54. The molecule has 0 radical (unpaired) electrons. The lowest BCUT2D eigenvalue weighted by Gasteiger charge is -2.32. The van der Waals surface area contributed by atoms with Crippen LogP contribution in [0.15, 0.2) is 24.4 Å². The van der Waals surface area contributed by atoms with E-state index in [1.165, 1.54) is 5.56 Å². The van der Waals surface area contributed by atoms with Crippen LogP contribution >= 0.6 is 11.6 Å². The molecule has 1 fully saturated rings. The van der Waals surface area contributed by atoms with Crippen LogP contribution in [0.1, 0.15) is 42.0 Å². The van der Waals surface area contributed by atoms with Gasteiger partial charge in [-0.3, -0.25) is 9.48 Å². The summed E-state index contributed by atoms with van der Waals surface area (Å²) >= 11 is 6.24. The zero-order valence-electron chi connectivity index (χ0n) is 14.2. The molecule has 0 bridgehead atoms. The monoisotopic (exact) mass is 346 g/mol. The van der Waals surface area contributed by atoms with E-state index >= 15 is 0 Å². The number of rotatable bonds is 4. The van der Waals surface area contributed by atoms with Crippen molar-refractivity contribution >= 4 is 17.5 Å². The number of halogens is 1. The molecule has 1 aromatic carbocycles. The molecule has 1 aliphatic heterocycles. The Kier molecular flexibility index (Phi) is 5.19. The first-order chi connectivity index (χ1) is 11.5. The highest BCUT2D eigenvalue weighted by atomic mass is 35.5. The van der Waals surface area contributed by atoms with E-state index in [4.69, 9.17) is 11.6 Å². The molecule has 5 nitrogen and oxygen atoms in total. The predicted octanol–water partition coefficient (Wildman–Crippen LogP) is 3.34. The molecular weight excluding hydrogens is 324 g/mol. The van der Waals surface area contributed by atoms with Crippen molar-refractivity contribution in [2.75, 3.05) is 13.1 Å². The first-order valence-corrected chi connectivity index (χ1v) is 8.81. The van der Waals surface area contributed by atoms with Gasteiger partial charge in [0, 0.05) is 30.7 Å². The molecule has 0 atom stereocenters. The number of benzene rings is 1. The first-order valence-electron chi connectivity index (χ1n) is 8.43. The predicted molar refractivity (Wildman–Crippen MR) is 94.1 cm³/mol. The SMILES string of the molecule is Cc1cn(CCC(=O)N2CCC(c3ccc(C)c(Cl)c3)CC2)nn1. The molecule has 2 heterocycles. The normalized spacial score (nSPS) is 15.7. The zero-order valence-corrected chi connectivity index (χ0v) is 15.0. The van der Waals surface area contributed by atoms with Crippen molar-refractivity contribution in [1.29, 1.82) is 0 Å². The molecule has 0 spiro atoms. The van der Waals surface area contributed by atoms with E-state index in [1.807, 2.05) is 24.9 Å². The van der Waals surface area contributed by atoms with Crippen molar-refractivity contribution in [2.45, 2.75) is 45.6 Å². The van der Waals surface area contributed by atoms with Crippen molar-refractivity contribution in [3.8, 4) is 0 Å². The number of carbonyl (C=O) groups excluding carboxylic acids is 1. The molecule has 128 valence electrons. The topological polar surface area (TPSA) is 51.0 Å². The fourth-order valence-corrected chi connectivity index (χ4v) is 3.39. The lowest BCUT2D eigenvalue weighted by atomic mass is 9.89. The molecule has 6 heteroatoms. The Morgan fingerprint density at radius 3 is 2.67 bits per heavy atom. The molecule has 1 aliphatic rings.